The van der Waals surface area contributed by atoms with Gasteiger partial charge in [0.05, 0.1) is 40.6 Å². The van der Waals surface area contributed by atoms with Crippen molar-refractivity contribution in [1.82, 2.24) is 15.2 Å². The molecular formula is C42H52ClN3O10. The number of alkyl carbamates (subject to hydrolysis) is 1. The van der Waals surface area contributed by atoms with Gasteiger partial charge in [-0.15, -0.1) is 0 Å². The van der Waals surface area contributed by atoms with Crippen molar-refractivity contribution in [1.29, 1.82) is 0 Å². The van der Waals surface area contributed by atoms with Crippen LogP contribution in [0.5, 0.6) is 23.0 Å². The van der Waals surface area contributed by atoms with Crippen molar-refractivity contribution in [3.05, 3.63) is 112 Å². The first-order valence-electron chi connectivity index (χ1n) is 18.3. The maximum Gasteiger partial charge on any atom is 0.410 e. The molecule has 0 aliphatic rings. The van der Waals surface area contributed by atoms with E-state index in [-0.39, 0.29) is 19.8 Å². The van der Waals surface area contributed by atoms with E-state index in [2.05, 4.69) is 10.3 Å². The summed E-state index contributed by atoms with van der Waals surface area (Å²) in [6.07, 6.45) is 1.27. The largest absolute Gasteiger partial charge is 0.493 e. The molecule has 0 saturated heterocycles. The summed E-state index contributed by atoms with van der Waals surface area (Å²) >= 11 is 5.90. The molecule has 0 bridgehead atoms. The number of carbonyl (C=O) groups excluding carboxylic acids is 2. The molecule has 56 heavy (non-hydrogen) atoms. The number of pyridine rings is 1. The molecule has 3 aromatic carbocycles. The van der Waals surface area contributed by atoms with Crippen LogP contribution in [0.3, 0.4) is 0 Å². The molecule has 14 heteroatoms. The van der Waals surface area contributed by atoms with Crippen molar-refractivity contribution in [2.24, 2.45) is 0 Å². The number of carbonyl (C=O) groups is 2. The van der Waals surface area contributed by atoms with Crippen LogP contribution in [0, 0.1) is 0 Å². The third kappa shape index (κ3) is 15.9. The van der Waals surface area contributed by atoms with Crippen molar-refractivity contribution in [3.8, 4) is 23.0 Å². The average molecular weight is 794 g/mol. The molecular weight excluding hydrogens is 742 g/mol. The minimum Gasteiger partial charge on any atom is -0.493 e. The van der Waals surface area contributed by atoms with E-state index >= 15 is 0 Å². The lowest BCUT2D eigenvalue weighted by Gasteiger charge is -2.28. The lowest BCUT2D eigenvalue weighted by molar-refractivity contribution is 0.0235. The topological polar surface area (TPSA) is 136 Å². The highest BCUT2D eigenvalue weighted by atomic mass is 35.5. The zero-order valence-electron chi connectivity index (χ0n) is 32.7. The van der Waals surface area contributed by atoms with Crippen molar-refractivity contribution in [2.75, 3.05) is 60.3 Å². The summed E-state index contributed by atoms with van der Waals surface area (Å²) < 4.78 is 45.2. The van der Waals surface area contributed by atoms with Crippen LogP contribution < -0.4 is 24.3 Å². The predicted octanol–water partition coefficient (Wildman–Crippen LogP) is 7.65. The Balaban J connectivity index is 1.20. The highest BCUT2D eigenvalue weighted by Gasteiger charge is 2.23. The molecule has 2 amide bonds. The van der Waals surface area contributed by atoms with Crippen LogP contribution >= 0.6 is 11.6 Å². The van der Waals surface area contributed by atoms with Crippen LogP contribution in [-0.2, 0) is 45.1 Å². The van der Waals surface area contributed by atoms with Crippen LogP contribution in [-0.4, -0.2) is 88.0 Å². The molecule has 0 radical (unpaired) electrons. The van der Waals surface area contributed by atoms with Gasteiger partial charge >= 0.3 is 12.2 Å². The predicted molar refractivity (Wildman–Crippen MR) is 212 cm³/mol. The van der Waals surface area contributed by atoms with Crippen molar-refractivity contribution in [2.45, 2.75) is 52.6 Å². The van der Waals surface area contributed by atoms with E-state index in [1.165, 1.54) is 0 Å². The van der Waals surface area contributed by atoms with Gasteiger partial charge in [-0.25, -0.2) is 14.6 Å². The zero-order chi connectivity index (χ0) is 40.2. The molecule has 4 aromatic rings. The second-order valence-electron chi connectivity index (χ2n) is 13.5. The summed E-state index contributed by atoms with van der Waals surface area (Å²) in [5.41, 5.74) is 2.91. The average Bonchev–Trinajstić information content (AvgIpc) is 3.19. The monoisotopic (exact) mass is 793 g/mol. The van der Waals surface area contributed by atoms with Gasteiger partial charge in [0.1, 0.15) is 30.6 Å². The molecule has 0 unspecified atom stereocenters. The van der Waals surface area contributed by atoms with Gasteiger partial charge in [-0.1, -0.05) is 60.1 Å². The third-order valence-corrected chi connectivity index (χ3v) is 8.14. The summed E-state index contributed by atoms with van der Waals surface area (Å²) in [7, 11) is 3.15. The fourth-order valence-electron chi connectivity index (χ4n) is 5.15. The number of hydrogen-bond donors (Lipinski definition) is 1. The van der Waals surface area contributed by atoms with E-state index in [1.807, 2.05) is 93.6 Å². The van der Waals surface area contributed by atoms with Gasteiger partial charge in [-0.2, -0.15) is 0 Å². The van der Waals surface area contributed by atoms with Gasteiger partial charge in [0.25, 0.3) is 0 Å². The molecule has 302 valence electrons. The fraction of sp³-hybridized carbons (Fsp3) is 0.405. The number of hydrogen-bond acceptors (Lipinski definition) is 11. The molecule has 0 aliphatic carbocycles. The number of methoxy groups -OCH3 is 2. The second kappa shape index (κ2) is 23.0. The molecule has 1 aromatic heterocycles. The van der Waals surface area contributed by atoms with E-state index in [1.54, 1.807) is 31.4 Å². The number of halogens is 1. The Morgan fingerprint density at radius 2 is 1.36 bits per heavy atom. The maximum absolute atomic E-state index is 13.4. The molecule has 0 spiro atoms. The summed E-state index contributed by atoms with van der Waals surface area (Å²) in [6, 6.07) is 24.3. The smallest absolute Gasteiger partial charge is 0.410 e. The van der Waals surface area contributed by atoms with Gasteiger partial charge < -0.3 is 48.1 Å². The lowest BCUT2D eigenvalue weighted by Crippen LogP contribution is -2.37. The molecule has 1 heterocycles. The molecule has 0 atom stereocenters. The summed E-state index contributed by atoms with van der Waals surface area (Å²) in [4.78, 5) is 30.9. The van der Waals surface area contributed by atoms with Crippen LogP contribution in [0.4, 0.5) is 9.59 Å². The number of rotatable bonds is 22. The highest BCUT2D eigenvalue weighted by Crippen LogP contribution is 2.31. The first kappa shape index (κ1) is 43.5. The van der Waals surface area contributed by atoms with Crippen molar-refractivity contribution >= 4 is 23.8 Å². The minimum atomic E-state index is -0.669. The summed E-state index contributed by atoms with van der Waals surface area (Å²) in [5.74, 6) is 2.24. The first-order valence-corrected chi connectivity index (χ1v) is 18.7. The van der Waals surface area contributed by atoms with Gasteiger partial charge in [0, 0.05) is 31.4 Å². The van der Waals surface area contributed by atoms with Crippen molar-refractivity contribution < 1.29 is 47.5 Å². The van der Waals surface area contributed by atoms with Gasteiger partial charge in [-0.3, -0.25) is 0 Å². The van der Waals surface area contributed by atoms with Crippen LogP contribution in [0.15, 0.2) is 85.1 Å². The van der Waals surface area contributed by atoms with E-state index in [0.717, 1.165) is 22.3 Å². The molecule has 0 saturated carbocycles. The summed E-state index contributed by atoms with van der Waals surface area (Å²) in [5, 5.41) is 3.07. The number of aromatic nitrogens is 1. The Labute approximate surface area is 334 Å². The maximum atomic E-state index is 13.4. The van der Waals surface area contributed by atoms with E-state index in [0.29, 0.717) is 80.7 Å². The Morgan fingerprint density at radius 3 is 2.04 bits per heavy atom. The second-order valence-corrected chi connectivity index (χ2v) is 13.8. The van der Waals surface area contributed by atoms with Gasteiger partial charge in [0.15, 0.2) is 23.0 Å². The fourth-order valence-corrected chi connectivity index (χ4v) is 5.26. The number of nitrogens with zero attached hydrogens (tertiary/aromatic N) is 2. The first-order chi connectivity index (χ1) is 27.0. The number of ether oxygens (including phenoxy) is 8. The molecule has 1 N–H and O–H groups in total. The van der Waals surface area contributed by atoms with E-state index < -0.39 is 17.8 Å². The Morgan fingerprint density at radius 1 is 0.714 bits per heavy atom. The standard InChI is InChI=1S/C42H52ClN3O10/c1-42(2,3)56-41(48)46(28-33-12-15-36(38(26-33)50-5)54-30-34-13-16-39(43)45-27-34)19-17-31-11-14-35(37(25-31)49-4)53-24-23-52-22-21-51-20-18-44-40(47)55-29-32-9-7-6-8-10-32/h6-16,25-27H,17-24,28-30H2,1-5H3,(H,44,47). The molecule has 0 fully saturated rings. The van der Waals surface area contributed by atoms with Crippen LogP contribution in [0.1, 0.15) is 43.0 Å². The lowest BCUT2D eigenvalue weighted by atomic mass is 10.1. The minimum absolute atomic E-state index is 0.213. The molecule has 13 nitrogen and oxygen atoms in total. The number of amides is 2. The van der Waals surface area contributed by atoms with Crippen LogP contribution in [0.25, 0.3) is 0 Å². The quantitative estimate of drug-likeness (QED) is 0.0621. The Kier molecular flexibility index (Phi) is 17.8. The Hall–Kier alpha value is -5.24. The molecule has 0 aliphatic heterocycles. The van der Waals surface area contributed by atoms with Crippen LogP contribution in [0.2, 0.25) is 5.15 Å². The van der Waals surface area contributed by atoms with Crippen molar-refractivity contribution in [3.63, 3.8) is 0 Å². The molecule has 4 rings (SSSR count). The zero-order valence-corrected chi connectivity index (χ0v) is 33.5. The normalized spacial score (nSPS) is 11.0. The number of benzene rings is 3. The Bertz CT molecular complexity index is 1790. The van der Waals surface area contributed by atoms with Gasteiger partial charge in [-0.05, 0) is 74.2 Å². The number of nitrogens with one attached hydrogen (secondary N) is 1. The summed E-state index contributed by atoms with van der Waals surface area (Å²) in [6.45, 7) is 8.76. The van der Waals surface area contributed by atoms with Gasteiger partial charge in [0.2, 0.25) is 0 Å². The third-order valence-electron chi connectivity index (χ3n) is 7.92. The van der Waals surface area contributed by atoms with E-state index in [4.69, 9.17) is 49.5 Å². The highest BCUT2D eigenvalue weighted by molar-refractivity contribution is 6.29. The van der Waals surface area contributed by atoms with E-state index in [9.17, 15) is 9.59 Å². The SMILES string of the molecule is COc1cc(CCN(Cc2ccc(OCc3ccc(Cl)nc3)c(OC)c2)C(=O)OC(C)(C)C)ccc1OCCOCCOCCNC(=O)OCc1ccccc1.